The molecule has 0 atom stereocenters. The van der Waals surface area contributed by atoms with Crippen LogP contribution in [0.5, 0.6) is 0 Å². The third-order valence-electron chi connectivity index (χ3n) is 4.23. The molecular weight excluding hydrogens is 392 g/mol. The van der Waals surface area contributed by atoms with Gasteiger partial charge in [0.25, 0.3) is 5.92 Å². The molecule has 1 aliphatic rings. The normalized spacial score (nSPS) is 16.5. The largest absolute Gasteiger partial charge is 0.457 e. The van der Waals surface area contributed by atoms with E-state index in [1.807, 2.05) is 35.2 Å². The zero-order chi connectivity index (χ0) is 17.9. The highest BCUT2D eigenvalue weighted by atomic mass is 79.9. The third-order valence-corrected chi connectivity index (χ3v) is 4.72. The summed E-state index contributed by atoms with van der Waals surface area (Å²) in [6.07, 6.45) is -0.421. The molecular formula is C19H18BrF2NO2. The van der Waals surface area contributed by atoms with E-state index in [2.05, 4.69) is 15.9 Å². The van der Waals surface area contributed by atoms with Crippen LogP contribution < -0.4 is 4.90 Å². The van der Waals surface area contributed by atoms with Crippen molar-refractivity contribution in [3.63, 3.8) is 0 Å². The summed E-state index contributed by atoms with van der Waals surface area (Å²) in [5, 5.41) is 0. The SMILES string of the molecule is O=C(OCc1ccccc1)c1ccc(Br)cc1N1CCC(F)(F)CC1. The Kier molecular flexibility index (Phi) is 5.37. The first-order chi connectivity index (χ1) is 11.9. The summed E-state index contributed by atoms with van der Waals surface area (Å²) in [6, 6.07) is 14.6. The molecule has 0 bridgehead atoms. The zero-order valence-corrected chi connectivity index (χ0v) is 15.1. The molecule has 25 heavy (non-hydrogen) atoms. The van der Waals surface area contributed by atoms with E-state index in [0.717, 1.165) is 10.0 Å². The van der Waals surface area contributed by atoms with Crippen molar-refractivity contribution in [2.24, 2.45) is 0 Å². The number of carbonyl (C=O) groups is 1. The van der Waals surface area contributed by atoms with Crippen LogP contribution in [0, 0.1) is 0 Å². The zero-order valence-electron chi connectivity index (χ0n) is 13.6. The number of benzene rings is 2. The van der Waals surface area contributed by atoms with Gasteiger partial charge >= 0.3 is 5.97 Å². The molecule has 3 nitrogen and oxygen atoms in total. The van der Waals surface area contributed by atoms with Crippen molar-refractivity contribution < 1.29 is 18.3 Å². The highest BCUT2D eigenvalue weighted by molar-refractivity contribution is 9.10. The molecule has 1 fully saturated rings. The van der Waals surface area contributed by atoms with Crippen LogP contribution in [0.25, 0.3) is 0 Å². The van der Waals surface area contributed by atoms with E-state index in [4.69, 9.17) is 4.74 Å². The van der Waals surface area contributed by atoms with Gasteiger partial charge in [-0.15, -0.1) is 0 Å². The molecule has 132 valence electrons. The Bertz CT molecular complexity index is 742. The lowest BCUT2D eigenvalue weighted by atomic mass is 10.0. The van der Waals surface area contributed by atoms with Crippen molar-refractivity contribution in [3.05, 3.63) is 64.1 Å². The summed E-state index contributed by atoms with van der Waals surface area (Å²) < 4.78 is 33.0. The number of anilines is 1. The van der Waals surface area contributed by atoms with Gasteiger partial charge in [-0.2, -0.15) is 0 Å². The molecule has 1 aliphatic heterocycles. The fourth-order valence-corrected chi connectivity index (χ4v) is 3.16. The lowest BCUT2D eigenvalue weighted by molar-refractivity contribution is -0.0220. The fourth-order valence-electron chi connectivity index (χ4n) is 2.81. The Morgan fingerprint density at radius 3 is 2.48 bits per heavy atom. The first-order valence-corrected chi connectivity index (χ1v) is 8.87. The van der Waals surface area contributed by atoms with Crippen LogP contribution in [0.2, 0.25) is 0 Å². The fraction of sp³-hybridized carbons (Fsp3) is 0.316. The van der Waals surface area contributed by atoms with Gasteiger partial charge in [0.05, 0.1) is 11.3 Å². The number of esters is 1. The summed E-state index contributed by atoms with van der Waals surface area (Å²) in [4.78, 5) is 14.3. The van der Waals surface area contributed by atoms with Crippen molar-refractivity contribution in [2.45, 2.75) is 25.4 Å². The Morgan fingerprint density at radius 2 is 1.80 bits per heavy atom. The van der Waals surface area contributed by atoms with Gasteiger partial charge in [0, 0.05) is 30.4 Å². The Hall–Kier alpha value is -1.95. The van der Waals surface area contributed by atoms with E-state index in [-0.39, 0.29) is 32.5 Å². The Morgan fingerprint density at radius 1 is 1.12 bits per heavy atom. The maximum Gasteiger partial charge on any atom is 0.340 e. The summed E-state index contributed by atoms with van der Waals surface area (Å²) in [5.41, 5.74) is 1.92. The summed E-state index contributed by atoms with van der Waals surface area (Å²) >= 11 is 3.38. The molecule has 2 aromatic carbocycles. The van der Waals surface area contributed by atoms with Crippen molar-refractivity contribution in [2.75, 3.05) is 18.0 Å². The number of rotatable bonds is 4. The monoisotopic (exact) mass is 409 g/mol. The molecule has 0 N–H and O–H groups in total. The molecule has 0 aromatic heterocycles. The number of halogens is 3. The van der Waals surface area contributed by atoms with Crippen LogP contribution in [-0.2, 0) is 11.3 Å². The van der Waals surface area contributed by atoms with E-state index < -0.39 is 11.9 Å². The van der Waals surface area contributed by atoms with Crippen molar-refractivity contribution in [1.29, 1.82) is 0 Å². The van der Waals surface area contributed by atoms with Gasteiger partial charge in [0.1, 0.15) is 6.61 Å². The second kappa shape index (κ2) is 7.52. The standard InChI is InChI=1S/C19H18BrF2NO2/c20-15-6-7-16(18(24)25-13-14-4-2-1-3-5-14)17(12-15)23-10-8-19(21,22)9-11-23/h1-7,12H,8-11,13H2. The van der Waals surface area contributed by atoms with E-state index >= 15 is 0 Å². The average molecular weight is 410 g/mol. The number of alkyl halides is 2. The number of hydrogen-bond acceptors (Lipinski definition) is 3. The molecule has 2 aromatic rings. The maximum atomic E-state index is 13.4. The topological polar surface area (TPSA) is 29.5 Å². The predicted molar refractivity (Wildman–Crippen MR) is 96.1 cm³/mol. The lowest BCUT2D eigenvalue weighted by Gasteiger charge is -2.34. The van der Waals surface area contributed by atoms with Gasteiger partial charge in [-0.25, -0.2) is 13.6 Å². The number of hydrogen-bond donors (Lipinski definition) is 0. The van der Waals surface area contributed by atoms with Crippen LogP contribution in [0.15, 0.2) is 53.0 Å². The second-order valence-corrected chi connectivity index (χ2v) is 6.98. The molecule has 0 amide bonds. The summed E-state index contributed by atoms with van der Waals surface area (Å²) in [5.74, 6) is -3.08. The maximum absolute atomic E-state index is 13.4. The summed E-state index contributed by atoms with van der Waals surface area (Å²) in [7, 11) is 0. The van der Waals surface area contributed by atoms with Crippen LogP contribution >= 0.6 is 15.9 Å². The molecule has 1 saturated heterocycles. The van der Waals surface area contributed by atoms with Gasteiger partial charge in [0.2, 0.25) is 0 Å². The van der Waals surface area contributed by atoms with Crippen molar-refractivity contribution >= 4 is 27.6 Å². The molecule has 0 aliphatic carbocycles. The molecule has 6 heteroatoms. The first-order valence-electron chi connectivity index (χ1n) is 8.08. The van der Waals surface area contributed by atoms with Crippen LogP contribution in [0.4, 0.5) is 14.5 Å². The summed E-state index contributed by atoms with van der Waals surface area (Å²) in [6.45, 7) is 0.595. The number of nitrogens with zero attached hydrogens (tertiary/aromatic N) is 1. The first kappa shape index (κ1) is 17.9. The molecule has 0 unspecified atom stereocenters. The Labute approximate surface area is 153 Å². The minimum Gasteiger partial charge on any atom is -0.457 e. The second-order valence-electron chi connectivity index (χ2n) is 6.07. The molecule has 0 saturated carbocycles. The molecule has 3 rings (SSSR count). The van der Waals surface area contributed by atoms with Gasteiger partial charge < -0.3 is 9.64 Å². The van der Waals surface area contributed by atoms with E-state index in [0.29, 0.717) is 11.3 Å². The van der Waals surface area contributed by atoms with Gasteiger partial charge in [-0.3, -0.25) is 0 Å². The predicted octanol–water partition coefficient (Wildman–Crippen LogP) is 5.04. The molecule has 0 spiro atoms. The van der Waals surface area contributed by atoms with Crippen molar-refractivity contribution in [3.8, 4) is 0 Å². The van der Waals surface area contributed by atoms with Gasteiger partial charge in [-0.1, -0.05) is 46.3 Å². The van der Waals surface area contributed by atoms with Crippen molar-refractivity contribution in [1.82, 2.24) is 0 Å². The molecule has 1 heterocycles. The van der Waals surface area contributed by atoms with Crippen LogP contribution in [0.3, 0.4) is 0 Å². The van der Waals surface area contributed by atoms with Gasteiger partial charge in [-0.05, 0) is 23.8 Å². The minimum atomic E-state index is -2.63. The lowest BCUT2D eigenvalue weighted by Crippen LogP contribution is -2.40. The van der Waals surface area contributed by atoms with Crippen LogP contribution in [-0.4, -0.2) is 25.0 Å². The number of piperidine rings is 1. The third kappa shape index (κ3) is 4.57. The number of ether oxygens (including phenoxy) is 1. The van der Waals surface area contributed by atoms with E-state index in [1.165, 1.54) is 0 Å². The highest BCUT2D eigenvalue weighted by Crippen LogP contribution is 2.33. The number of carbonyl (C=O) groups excluding carboxylic acids is 1. The minimum absolute atomic E-state index is 0.174. The quantitative estimate of drug-likeness (QED) is 0.662. The van der Waals surface area contributed by atoms with Crippen LogP contribution in [0.1, 0.15) is 28.8 Å². The molecule has 0 radical (unpaired) electrons. The smallest absolute Gasteiger partial charge is 0.340 e. The van der Waals surface area contributed by atoms with Gasteiger partial charge in [0.15, 0.2) is 0 Å². The Balaban J connectivity index is 1.76. The van der Waals surface area contributed by atoms with E-state index in [9.17, 15) is 13.6 Å². The highest BCUT2D eigenvalue weighted by Gasteiger charge is 2.35. The average Bonchev–Trinajstić information content (AvgIpc) is 2.60. The van der Waals surface area contributed by atoms with E-state index in [1.54, 1.807) is 18.2 Å².